The molecule has 0 fully saturated rings. The standard InChI is InChI=1S/C18H20FNO3/c1-11(2)23-17-9-12(18(21)22)5-7-15(17)14-8-6-13(20(3)4)10-16(14)19/h5-11H,1-4H3,(H,21,22). The van der Waals surface area contributed by atoms with Gasteiger partial charge in [0, 0.05) is 30.9 Å². The van der Waals surface area contributed by atoms with E-state index in [-0.39, 0.29) is 17.5 Å². The fraction of sp³-hybridized carbons (Fsp3) is 0.278. The largest absolute Gasteiger partial charge is 0.490 e. The first-order valence-corrected chi connectivity index (χ1v) is 7.31. The Balaban J connectivity index is 2.55. The number of carboxylic acids is 1. The van der Waals surface area contributed by atoms with Crippen LogP contribution in [-0.4, -0.2) is 31.3 Å². The molecule has 0 atom stereocenters. The molecule has 0 heterocycles. The van der Waals surface area contributed by atoms with Gasteiger partial charge >= 0.3 is 5.97 Å². The Kier molecular flexibility index (Phi) is 4.89. The lowest BCUT2D eigenvalue weighted by Crippen LogP contribution is -2.09. The number of anilines is 1. The van der Waals surface area contributed by atoms with Gasteiger partial charge in [0.05, 0.1) is 11.7 Å². The molecule has 0 amide bonds. The first-order chi connectivity index (χ1) is 10.8. The van der Waals surface area contributed by atoms with Crippen LogP contribution >= 0.6 is 0 Å². The Morgan fingerprint density at radius 1 is 1.13 bits per heavy atom. The molecule has 0 saturated heterocycles. The number of aromatic carboxylic acids is 1. The second kappa shape index (κ2) is 6.69. The number of hydrogen-bond acceptors (Lipinski definition) is 3. The molecule has 5 heteroatoms. The van der Waals surface area contributed by atoms with E-state index in [0.717, 1.165) is 5.69 Å². The lowest BCUT2D eigenvalue weighted by atomic mass is 10.0. The lowest BCUT2D eigenvalue weighted by Gasteiger charge is -2.17. The van der Waals surface area contributed by atoms with Crippen molar-refractivity contribution in [2.24, 2.45) is 0 Å². The number of rotatable bonds is 5. The molecule has 2 aromatic rings. The van der Waals surface area contributed by atoms with Crippen LogP contribution in [0.3, 0.4) is 0 Å². The number of benzene rings is 2. The summed E-state index contributed by atoms with van der Waals surface area (Å²) >= 11 is 0. The summed E-state index contributed by atoms with van der Waals surface area (Å²) in [6.45, 7) is 3.67. The molecule has 0 aromatic heterocycles. The van der Waals surface area contributed by atoms with Crippen LogP contribution in [0.5, 0.6) is 5.75 Å². The van der Waals surface area contributed by atoms with E-state index in [0.29, 0.717) is 16.9 Å². The quantitative estimate of drug-likeness (QED) is 0.904. The Hall–Kier alpha value is -2.56. The zero-order chi connectivity index (χ0) is 17.1. The second-order valence-corrected chi connectivity index (χ2v) is 5.74. The number of ether oxygens (including phenoxy) is 1. The normalized spacial score (nSPS) is 10.7. The summed E-state index contributed by atoms with van der Waals surface area (Å²) in [4.78, 5) is 12.9. The maximum Gasteiger partial charge on any atom is 0.335 e. The SMILES string of the molecule is CC(C)Oc1cc(C(=O)O)ccc1-c1ccc(N(C)C)cc1F. The summed E-state index contributed by atoms with van der Waals surface area (Å²) in [5.74, 6) is -1.07. The van der Waals surface area contributed by atoms with Crippen molar-refractivity contribution in [1.82, 2.24) is 0 Å². The highest BCUT2D eigenvalue weighted by atomic mass is 19.1. The third-order valence-electron chi connectivity index (χ3n) is 3.35. The molecule has 0 aliphatic rings. The van der Waals surface area contributed by atoms with Gasteiger partial charge in [-0.1, -0.05) is 0 Å². The van der Waals surface area contributed by atoms with Crippen molar-refractivity contribution in [3.05, 3.63) is 47.8 Å². The average molecular weight is 317 g/mol. The lowest BCUT2D eigenvalue weighted by molar-refractivity contribution is 0.0696. The number of halogens is 1. The van der Waals surface area contributed by atoms with Gasteiger partial charge in [0.1, 0.15) is 11.6 Å². The summed E-state index contributed by atoms with van der Waals surface area (Å²) in [5.41, 5.74) is 1.77. The van der Waals surface area contributed by atoms with Crippen molar-refractivity contribution in [2.75, 3.05) is 19.0 Å². The minimum absolute atomic E-state index is 0.106. The fourth-order valence-corrected chi connectivity index (χ4v) is 2.23. The maximum absolute atomic E-state index is 14.5. The van der Waals surface area contributed by atoms with Gasteiger partial charge in [-0.05, 0) is 50.2 Å². The van der Waals surface area contributed by atoms with Crippen molar-refractivity contribution < 1.29 is 19.0 Å². The van der Waals surface area contributed by atoms with Crippen LogP contribution in [0.4, 0.5) is 10.1 Å². The molecule has 0 saturated carbocycles. The van der Waals surface area contributed by atoms with Crippen LogP contribution in [0.1, 0.15) is 24.2 Å². The van der Waals surface area contributed by atoms with Crippen molar-refractivity contribution in [2.45, 2.75) is 20.0 Å². The van der Waals surface area contributed by atoms with E-state index < -0.39 is 5.97 Å². The second-order valence-electron chi connectivity index (χ2n) is 5.74. The highest BCUT2D eigenvalue weighted by Crippen LogP contribution is 2.34. The number of nitrogens with zero attached hydrogens (tertiary/aromatic N) is 1. The maximum atomic E-state index is 14.5. The Morgan fingerprint density at radius 2 is 1.78 bits per heavy atom. The molecular formula is C18H20FNO3. The summed E-state index contributed by atoms with van der Waals surface area (Å²) < 4.78 is 20.2. The van der Waals surface area contributed by atoms with E-state index in [2.05, 4.69) is 0 Å². The minimum atomic E-state index is -1.05. The molecular weight excluding hydrogens is 297 g/mol. The molecule has 0 aliphatic carbocycles. The molecule has 122 valence electrons. The minimum Gasteiger partial charge on any atom is -0.490 e. The molecule has 0 aliphatic heterocycles. The summed E-state index contributed by atoms with van der Waals surface area (Å²) in [6.07, 6.45) is -0.151. The predicted octanol–water partition coefficient (Wildman–Crippen LogP) is 4.04. The van der Waals surface area contributed by atoms with Gasteiger partial charge in [-0.25, -0.2) is 9.18 Å². The fourth-order valence-electron chi connectivity index (χ4n) is 2.23. The highest BCUT2D eigenvalue weighted by Gasteiger charge is 2.16. The van der Waals surface area contributed by atoms with E-state index in [9.17, 15) is 9.18 Å². The number of carboxylic acid groups (broad SMARTS) is 1. The van der Waals surface area contributed by atoms with E-state index in [1.165, 1.54) is 18.2 Å². The molecule has 0 radical (unpaired) electrons. The molecule has 4 nitrogen and oxygen atoms in total. The van der Waals surface area contributed by atoms with Gasteiger partial charge in [-0.2, -0.15) is 0 Å². The monoisotopic (exact) mass is 317 g/mol. The first kappa shape index (κ1) is 16.8. The van der Waals surface area contributed by atoms with E-state index >= 15 is 0 Å². The third kappa shape index (κ3) is 3.80. The van der Waals surface area contributed by atoms with Gasteiger partial charge in [0.2, 0.25) is 0 Å². The van der Waals surface area contributed by atoms with Gasteiger partial charge in [0.15, 0.2) is 0 Å². The topological polar surface area (TPSA) is 49.8 Å². The molecule has 23 heavy (non-hydrogen) atoms. The molecule has 0 bridgehead atoms. The van der Waals surface area contributed by atoms with Gasteiger partial charge in [-0.15, -0.1) is 0 Å². The third-order valence-corrected chi connectivity index (χ3v) is 3.35. The average Bonchev–Trinajstić information content (AvgIpc) is 2.46. The zero-order valence-corrected chi connectivity index (χ0v) is 13.6. The van der Waals surface area contributed by atoms with Crippen LogP contribution in [0.2, 0.25) is 0 Å². The number of hydrogen-bond donors (Lipinski definition) is 1. The van der Waals surface area contributed by atoms with Gasteiger partial charge in [0.25, 0.3) is 0 Å². The summed E-state index contributed by atoms with van der Waals surface area (Å²) in [5, 5.41) is 9.12. The summed E-state index contributed by atoms with van der Waals surface area (Å²) in [6, 6.07) is 9.38. The van der Waals surface area contributed by atoms with Crippen molar-refractivity contribution in [3.8, 4) is 16.9 Å². The Bertz CT molecular complexity index is 726. The molecule has 1 N–H and O–H groups in total. The van der Waals surface area contributed by atoms with Crippen molar-refractivity contribution in [1.29, 1.82) is 0 Å². The van der Waals surface area contributed by atoms with E-state index in [1.54, 1.807) is 12.1 Å². The smallest absolute Gasteiger partial charge is 0.335 e. The van der Waals surface area contributed by atoms with Gasteiger partial charge < -0.3 is 14.7 Å². The molecule has 2 rings (SSSR count). The molecule has 0 unspecified atom stereocenters. The van der Waals surface area contributed by atoms with Crippen LogP contribution in [-0.2, 0) is 0 Å². The van der Waals surface area contributed by atoms with Crippen LogP contribution in [0.15, 0.2) is 36.4 Å². The van der Waals surface area contributed by atoms with Crippen LogP contribution < -0.4 is 9.64 Å². The number of carbonyl (C=O) groups is 1. The summed E-state index contributed by atoms with van der Waals surface area (Å²) in [7, 11) is 3.67. The van der Waals surface area contributed by atoms with E-state index in [4.69, 9.17) is 9.84 Å². The predicted molar refractivity (Wildman–Crippen MR) is 88.9 cm³/mol. The van der Waals surface area contributed by atoms with Crippen LogP contribution in [0, 0.1) is 5.82 Å². The Morgan fingerprint density at radius 3 is 2.30 bits per heavy atom. The van der Waals surface area contributed by atoms with E-state index in [1.807, 2.05) is 38.9 Å². The first-order valence-electron chi connectivity index (χ1n) is 7.31. The van der Waals surface area contributed by atoms with Crippen molar-refractivity contribution >= 4 is 11.7 Å². The highest BCUT2D eigenvalue weighted by molar-refractivity contribution is 5.90. The van der Waals surface area contributed by atoms with Crippen molar-refractivity contribution in [3.63, 3.8) is 0 Å². The molecule has 0 spiro atoms. The van der Waals surface area contributed by atoms with Gasteiger partial charge in [-0.3, -0.25) is 0 Å². The Labute approximate surface area is 135 Å². The van der Waals surface area contributed by atoms with Crippen LogP contribution in [0.25, 0.3) is 11.1 Å². The molecule has 2 aromatic carbocycles. The zero-order valence-electron chi connectivity index (χ0n) is 13.6.